The monoisotopic (exact) mass is 363 g/mol. The van der Waals surface area contributed by atoms with E-state index in [1.54, 1.807) is 0 Å². The van der Waals surface area contributed by atoms with Crippen LogP contribution < -0.4 is 10.6 Å². The molecule has 1 aromatic carbocycles. The number of guanidine groups is 1. The number of nitrogens with one attached hydrogen (secondary N) is 2. The van der Waals surface area contributed by atoms with Crippen LogP contribution in [0.2, 0.25) is 5.02 Å². The lowest BCUT2D eigenvalue weighted by Gasteiger charge is -2.18. The number of nitrogens with zero attached hydrogens (tertiary/aromatic N) is 3. The van der Waals surface area contributed by atoms with Gasteiger partial charge in [0.25, 0.3) is 0 Å². The SMILES string of the molecule is CCNC(=NCc1noc(C(C)(C)C)n1)NC(C)c1cccc(Cl)c1. The molecule has 7 heteroatoms. The fraction of sp³-hybridized carbons (Fsp3) is 0.500. The number of rotatable bonds is 5. The third-order valence-electron chi connectivity index (χ3n) is 3.53. The molecule has 2 aromatic rings. The molecular formula is C18H26ClN5O. The van der Waals surface area contributed by atoms with Crippen LogP contribution in [-0.2, 0) is 12.0 Å². The second-order valence-corrected chi connectivity index (χ2v) is 7.32. The third kappa shape index (κ3) is 5.74. The molecule has 1 heterocycles. The Bertz CT molecular complexity index is 720. The van der Waals surface area contributed by atoms with Gasteiger partial charge < -0.3 is 15.2 Å². The lowest BCUT2D eigenvalue weighted by molar-refractivity contribution is 0.318. The Hall–Kier alpha value is -2.08. The van der Waals surface area contributed by atoms with E-state index in [9.17, 15) is 0 Å². The zero-order valence-electron chi connectivity index (χ0n) is 15.4. The maximum Gasteiger partial charge on any atom is 0.232 e. The largest absolute Gasteiger partial charge is 0.357 e. The molecule has 1 unspecified atom stereocenters. The zero-order valence-corrected chi connectivity index (χ0v) is 16.2. The van der Waals surface area contributed by atoms with Crippen LogP contribution in [0, 0.1) is 0 Å². The minimum absolute atomic E-state index is 0.0619. The van der Waals surface area contributed by atoms with E-state index in [-0.39, 0.29) is 11.5 Å². The molecule has 6 nitrogen and oxygen atoms in total. The van der Waals surface area contributed by atoms with Crippen LogP contribution in [0.4, 0.5) is 0 Å². The molecule has 0 amide bonds. The van der Waals surface area contributed by atoms with E-state index in [0.717, 1.165) is 17.1 Å². The fourth-order valence-corrected chi connectivity index (χ4v) is 2.36. The summed E-state index contributed by atoms with van der Waals surface area (Å²) < 4.78 is 5.30. The molecule has 0 fully saturated rings. The van der Waals surface area contributed by atoms with E-state index in [1.807, 2.05) is 52.0 Å². The van der Waals surface area contributed by atoms with Gasteiger partial charge in [0.2, 0.25) is 5.89 Å². The highest BCUT2D eigenvalue weighted by Gasteiger charge is 2.21. The van der Waals surface area contributed by atoms with Crippen molar-refractivity contribution in [2.75, 3.05) is 6.54 Å². The molecule has 1 atom stereocenters. The van der Waals surface area contributed by atoms with E-state index in [1.165, 1.54) is 0 Å². The van der Waals surface area contributed by atoms with E-state index in [0.29, 0.717) is 24.2 Å². The van der Waals surface area contributed by atoms with E-state index < -0.39 is 0 Å². The lowest BCUT2D eigenvalue weighted by atomic mass is 9.97. The van der Waals surface area contributed by atoms with Gasteiger partial charge in [-0.2, -0.15) is 4.98 Å². The molecule has 0 spiro atoms. The average molecular weight is 364 g/mol. The maximum atomic E-state index is 6.07. The third-order valence-corrected chi connectivity index (χ3v) is 3.77. The topological polar surface area (TPSA) is 75.3 Å². The van der Waals surface area contributed by atoms with Crippen molar-refractivity contribution in [2.24, 2.45) is 4.99 Å². The second-order valence-electron chi connectivity index (χ2n) is 6.88. The molecule has 0 aliphatic rings. The smallest absolute Gasteiger partial charge is 0.232 e. The summed E-state index contributed by atoms with van der Waals surface area (Å²) in [5, 5.41) is 11.3. The van der Waals surface area contributed by atoms with Gasteiger partial charge in [-0.3, -0.25) is 0 Å². The van der Waals surface area contributed by atoms with Crippen LogP contribution in [-0.4, -0.2) is 22.6 Å². The summed E-state index contributed by atoms with van der Waals surface area (Å²) in [4.78, 5) is 8.95. The van der Waals surface area contributed by atoms with E-state index in [2.05, 4.69) is 32.7 Å². The van der Waals surface area contributed by atoms with Crippen molar-refractivity contribution in [2.45, 2.75) is 52.6 Å². The Labute approximate surface area is 154 Å². The average Bonchev–Trinajstić information content (AvgIpc) is 3.02. The summed E-state index contributed by atoms with van der Waals surface area (Å²) in [6.07, 6.45) is 0. The highest BCUT2D eigenvalue weighted by molar-refractivity contribution is 6.30. The number of hydrogen-bond donors (Lipinski definition) is 2. The molecule has 0 radical (unpaired) electrons. The first-order valence-electron chi connectivity index (χ1n) is 8.43. The molecule has 2 N–H and O–H groups in total. The fourth-order valence-electron chi connectivity index (χ4n) is 2.16. The molecule has 0 aliphatic carbocycles. The summed E-state index contributed by atoms with van der Waals surface area (Å²) in [6.45, 7) is 11.3. The standard InChI is InChI=1S/C18H26ClN5O/c1-6-20-17(22-12(2)13-8-7-9-14(19)10-13)21-11-15-23-16(25-24-15)18(3,4)5/h7-10,12H,6,11H2,1-5H3,(H2,20,21,22). The number of benzene rings is 1. The normalized spacial score (nSPS) is 13.6. The Balaban J connectivity index is 2.06. The first kappa shape index (κ1) is 19.2. The first-order valence-corrected chi connectivity index (χ1v) is 8.80. The summed E-state index contributed by atoms with van der Waals surface area (Å²) in [7, 11) is 0. The minimum atomic E-state index is -0.168. The van der Waals surface area contributed by atoms with Crippen molar-refractivity contribution in [1.82, 2.24) is 20.8 Å². The summed E-state index contributed by atoms with van der Waals surface area (Å²) in [5.74, 6) is 1.87. The Morgan fingerprint density at radius 3 is 2.72 bits per heavy atom. The first-order chi connectivity index (χ1) is 11.8. The quantitative estimate of drug-likeness (QED) is 0.623. The van der Waals surface area contributed by atoms with Gasteiger partial charge in [-0.25, -0.2) is 4.99 Å². The van der Waals surface area contributed by atoms with Crippen molar-refractivity contribution >= 4 is 17.6 Å². The maximum absolute atomic E-state index is 6.07. The van der Waals surface area contributed by atoms with Gasteiger partial charge in [0.15, 0.2) is 11.8 Å². The van der Waals surface area contributed by atoms with Crippen molar-refractivity contribution in [3.63, 3.8) is 0 Å². The van der Waals surface area contributed by atoms with Gasteiger partial charge in [0, 0.05) is 17.0 Å². The van der Waals surface area contributed by atoms with Crippen molar-refractivity contribution in [3.05, 3.63) is 46.6 Å². The van der Waals surface area contributed by atoms with E-state index in [4.69, 9.17) is 16.1 Å². The van der Waals surface area contributed by atoms with Crippen LogP contribution in [0.1, 0.15) is 57.9 Å². The van der Waals surface area contributed by atoms with Crippen LogP contribution in [0.3, 0.4) is 0 Å². The van der Waals surface area contributed by atoms with Crippen LogP contribution in [0.5, 0.6) is 0 Å². The van der Waals surface area contributed by atoms with Gasteiger partial charge in [-0.15, -0.1) is 0 Å². The van der Waals surface area contributed by atoms with Crippen molar-refractivity contribution < 1.29 is 4.52 Å². The van der Waals surface area contributed by atoms with E-state index >= 15 is 0 Å². The highest BCUT2D eigenvalue weighted by Crippen LogP contribution is 2.20. The Morgan fingerprint density at radius 2 is 2.12 bits per heavy atom. The molecule has 136 valence electrons. The number of aliphatic imine (C=N–C) groups is 1. The van der Waals surface area contributed by atoms with Gasteiger partial charge >= 0.3 is 0 Å². The van der Waals surface area contributed by atoms with Gasteiger partial charge in [0.1, 0.15) is 6.54 Å². The predicted octanol–water partition coefficient (Wildman–Crippen LogP) is 3.84. The lowest BCUT2D eigenvalue weighted by Crippen LogP contribution is -2.38. The van der Waals surface area contributed by atoms with Gasteiger partial charge in [-0.05, 0) is 31.5 Å². The van der Waals surface area contributed by atoms with Crippen molar-refractivity contribution in [1.29, 1.82) is 0 Å². The summed E-state index contributed by atoms with van der Waals surface area (Å²) in [5.41, 5.74) is 0.923. The van der Waals surface area contributed by atoms with Crippen LogP contribution in [0.25, 0.3) is 0 Å². The van der Waals surface area contributed by atoms with Crippen LogP contribution >= 0.6 is 11.6 Å². The predicted molar refractivity (Wildman–Crippen MR) is 101 cm³/mol. The van der Waals surface area contributed by atoms with Crippen LogP contribution in [0.15, 0.2) is 33.8 Å². The number of halogens is 1. The molecular weight excluding hydrogens is 338 g/mol. The molecule has 0 saturated heterocycles. The Morgan fingerprint density at radius 1 is 1.36 bits per heavy atom. The minimum Gasteiger partial charge on any atom is -0.357 e. The van der Waals surface area contributed by atoms with Gasteiger partial charge in [-0.1, -0.05) is 49.7 Å². The van der Waals surface area contributed by atoms with Crippen molar-refractivity contribution in [3.8, 4) is 0 Å². The Kier molecular flexibility index (Phi) is 6.42. The summed E-state index contributed by atoms with van der Waals surface area (Å²) in [6, 6.07) is 7.83. The molecule has 1 aromatic heterocycles. The number of aromatic nitrogens is 2. The summed E-state index contributed by atoms with van der Waals surface area (Å²) >= 11 is 6.07. The number of hydrogen-bond acceptors (Lipinski definition) is 4. The molecule has 0 saturated carbocycles. The van der Waals surface area contributed by atoms with Gasteiger partial charge in [0.05, 0.1) is 6.04 Å². The second kappa shape index (κ2) is 8.34. The highest BCUT2D eigenvalue weighted by atomic mass is 35.5. The molecule has 0 aliphatic heterocycles. The molecule has 2 rings (SSSR count). The zero-order chi connectivity index (χ0) is 18.4. The molecule has 25 heavy (non-hydrogen) atoms. The molecule has 0 bridgehead atoms.